The van der Waals surface area contributed by atoms with Gasteiger partial charge in [0, 0.05) is 43.9 Å². The van der Waals surface area contributed by atoms with Gasteiger partial charge in [-0.1, -0.05) is 0 Å². The molecule has 1 amide bonds. The molecule has 9 nitrogen and oxygen atoms in total. The fraction of sp³-hybridized carbons (Fsp3) is 0.348. The van der Waals surface area contributed by atoms with Crippen molar-refractivity contribution in [3.8, 4) is 28.6 Å². The Kier molecular flexibility index (Phi) is 6.00. The molecule has 1 N–H and O–H groups in total. The molecule has 0 radical (unpaired) electrons. The topological polar surface area (TPSA) is 97.0 Å². The number of benzene rings is 2. The molecular weight excluding hydrogens is 412 g/mol. The summed E-state index contributed by atoms with van der Waals surface area (Å²) in [5, 5.41) is 0.317. The predicted molar refractivity (Wildman–Crippen MR) is 121 cm³/mol. The largest absolute Gasteiger partial charge is 0.497 e. The van der Waals surface area contributed by atoms with Gasteiger partial charge in [0.25, 0.3) is 11.5 Å². The number of H-pyrrole nitrogens is 1. The number of ether oxygens (including phenoxy) is 3. The number of nitrogens with zero attached hydrogens (tertiary/aromatic N) is 3. The number of amides is 1. The van der Waals surface area contributed by atoms with Crippen molar-refractivity contribution in [2.45, 2.75) is 0 Å². The van der Waals surface area contributed by atoms with Crippen LogP contribution in [0, 0.1) is 0 Å². The van der Waals surface area contributed by atoms with E-state index < -0.39 is 0 Å². The molecule has 1 fully saturated rings. The smallest absolute Gasteiger partial charge is 0.262 e. The number of aromatic nitrogens is 2. The Bertz CT molecular complexity index is 1210. The van der Waals surface area contributed by atoms with Crippen LogP contribution < -0.4 is 19.8 Å². The Morgan fingerprint density at radius 1 is 0.969 bits per heavy atom. The van der Waals surface area contributed by atoms with Gasteiger partial charge in [0.05, 0.1) is 32.4 Å². The molecule has 0 saturated carbocycles. The van der Waals surface area contributed by atoms with Crippen LogP contribution in [0.2, 0.25) is 0 Å². The van der Waals surface area contributed by atoms with Crippen LogP contribution in [0.3, 0.4) is 0 Å². The fourth-order valence-electron chi connectivity index (χ4n) is 3.83. The van der Waals surface area contributed by atoms with Crippen molar-refractivity contribution in [3.63, 3.8) is 0 Å². The quantitative estimate of drug-likeness (QED) is 0.651. The molecule has 1 aliphatic heterocycles. The van der Waals surface area contributed by atoms with E-state index in [1.807, 2.05) is 11.9 Å². The number of carbonyl (C=O) groups excluding carboxylic acids is 1. The predicted octanol–water partition coefficient (Wildman–Crippen LogP) is 2.00. The molecule has 0 spiro atoms. The van der Waals surface area contributed by atoms with Gasteiger partial charge in [-0.25, -0.2) is 4.98 Å². The SMILES string of the molecule is COc1ccc(-c2nc3cc(OC)cc(OC)c3c(=O)[nH]2)c(C(=O)N2CCN(C)CC2)c1. The molecule has 1 aromatic heterocycles. The Morgan fingerprint density at radius 3 is 2.34 bits per heavy atom. The Hall–Kier alpha value is -3.59. The van der Waals surface area contributed by atoms with Crippen molar-refractivity contribution in [1.29, 1.82) is 0 Å². The monoisotopic (exact) mass is 438 g/mol. The zero-order valence-corrected chi connectivity index (χ0v) is 18.6. The Morgan fingerprint density at radius 2 is 1.69 bits per heavy atom. The number of fused-ring (bicyclic) bond motifs is 1. The van der Waals surface area contributed by atoms with Crippen molar-refractivity contribution in [2.24, 2.45) is 0 Å². The van der Waals surface area contributed by atoms with Crippen molar-refractivity contribution in [2.75, 3.05) is 54.6 Å². The summed E-state index contributed by atoms with van der Waals surface area (Å²) in [4.78, 5) is 37.8. The van der Waals surface area contributed by atoms with Gasteiger partial charge in [-0.05, 0) is 25.2 Å². The maximum atomic E-state index is 13.4. The number of methoxy groups -OCH3 is 3. The molecule has 9 heteroatoms. The zero-order valence-electron chi connectivity index (χ0n) is 18.6. The molecule has 0 aliphatic carbocycles. The summed E-state index contributed by atoms with van der Waals surface area (Å²) in [6.45, 7) is 2.86. The van der Waals surface area contributed by atoms with Gasteiger partial charge in [0.1, 0.15) is 28.5 Å². The molecule has 4 rings (SSSR count). The van der Waals surface area contributed by atoms with Crippen molar-refractivity contribution >= 4 is 16.8 Å². The lowest BCUT2D eigenvalue weighted by Crippen LogP contribution is -2.47. The normalized spacial score (nSPS) is 14.4. The van der Waals surface area contributed by atoms with Gasteiger partial charge in [-0.3, -0.25) is 9.59 Å². The molecule has 0 bridgehead atoms. The number of rotatable bonds is 5. The van der Waals surface area contributed by atoms with Gasteiger partial charge in [-0.15, -0.1) is 0 Å². The molecular formula is C23H26N4O5. The lowest BCUT2D eigenvalue weighted by atomic mass is 10.0. The average molecular weight is 438 g/mol. The summed E-state index contributed by atoms with van der Waals surface area (Å²) >= 11 is 0. The molecule has 0 unspecified atom stereocenters. The third-order valence-corrected chi connectivity index (χ3v) is 5.70. The van der Waals surface area contributed by atoms with Gasteiger partial charge in [0.15, 0.2) is 0 Å². The second-order valence-corrected chi connectivity index (χ2v) is 7.65. The van der Waals surface area contributed by atoms with Crippen LogP contribution in [0.5, 0.6) is 17.2 Å². The summed E-state index contributed by atoms with van der Waals surface area (Å²) in [7, 11) is 6.60. The van der Waals surface area contributed by atoms with Crippen LogP contribution in [0.1, 0.15) is 10.4 Å². The molecule has 168 valence electrons. The molecule has 3 aromatic rings. The minimum atomic E-state index is -0.363. The first-order valence-corrected chi connectivity index (χ1v) is 10.3. The van der Waals surface area contributed by atoms with E-state index in [9.17, 15) is 9.59 Å². The van der Waals surface area contributed by atoms with E-state index in [-0.39, 0.29) is 17.3 Å². The summed E-state index contributed by atoms with van der Waals surface area (Å²) < 4.78 is 16.0. The first kappa shape index (κ1) is 21.6. The Balaban J connectivity index is 1.86. The van der Waals surface area contributed by atoms with E-state index in [0.717, 1.165) is 13.1 Å². The van der Waals surface area contributed by atoms with Crippen molar-refractivity contribution < 1.29 is 19.0 Å². The van der Waals surface area contributed by atoms with E-state index in [1.165, 1.54) is 14.2 Å². The number of hydrogen-bond donors (Lipinski definition) is 1. The maximum absolute atomic E-state index is 13.4. The van der Waals surface area contributed by atoms with Gasteiger partial charge < -0.3 is 29.0 Å². The van der Waals surface area contributed by atoms with Crippen LogP contribution in [-0.2, 0) is 0 Å². The Labute approximate surface area is 185 Å². The molecule has 2 aromatic carbocycles. The summed E-state index contributed by atoms with van der Waals surface area (Å²) in [6, 6.07) is 8.47. The number of aromatic amines is 1. The summed E-state index contributed by atoms with van der Waals surface area (Å²) in [5.41, 5.74) is 0.994. The zero-order chi connectivity index (χ0) is 22.8. The molecule has 0 atom stereocenters. The van der Waals surface area contributed by atoms with Gasteiger partial charge in [-0.2, -0.15) is 0 Å². The number of nitrogens with one attached hydrogen (secondary N) is 1. The standard InChI is InChI=1S/C23H26N4O5/c1-26-7-9-27(10-8-26)23(29)17-11-14(30-2)5-6-16(17)21-24-18-12-15(31-3)13-19(32-4)20(18)22(28)25-21/h5-6,11-13H,7-10H2,1-4H3,(H,24,25,28). The fourth-order valence-corrected chi connectivity index (χ4v) is 3.83. The second kappa shape index (κ2) is 8.88. The minimum absolute atomic E-state index is 0.127. The van der Waals surface area contributed by atoms with Crippen LogP contribution >= 0.6 is 0 Å². The average Bonchev–Trinajstić information content (AvgIpc) is 2.82. The molecule has 32 heavy (non-hydrogen) atoms. The summed E-state index contributed by atoms with van der Waals surface area (Å²) in [6.07, 6.45) is 0. The van der Waals surface area contributed by atoms with E-state index in [0.29, 0.717) is 52.4 Å². The first-order chi connectivity index (χ1) is 15.4. The highest BCUT2D eigenvalue weighted by atomic mass is 16.5. The molecule has 2 heterocycles. The summed E-state index contributed by atoms with van der Waals surface area (Å²) in [5.74, 6) is 1.60. The number of carbonyl (C=O) groups is 1. The lowest BCUT2D eigenvalue weighted by Gasteiger charge is -2.32. The number of likely N-dealkylation sites (N-methyl/N-ethyl adjacent to an activating group) is 1. The number of hydrogen-bond acceptors (Lipinski definition) is 7. The highest BCUT2D eigenvalue weighted by Gasteiger charge is 2.25. The van der Waals surface area contributed by atoms with E-state index in [2.05, 4.69) is 14.9 Å². The molecule has 1 aliphatic rings. The number of piperazine rings is 1. The maximum Gasteiger partial charge on any atom is 0.262 e. The third-order valence-electron chi connectivity index (χ3n) is 5.70. The van der Waals surface area contributed by atoms with Gasteiger partial charge >= 0.3 is 0 Å². The van der Waals surface area contributed by atoms with Crippen LogP contribution in [0.4, 0.5) is 0 Å². The highest BCUT2D eigenvalue weighted by molar-refractivity contribution is 6.01. The van der Waals surface area contributed by atoms with Gasteiger partial charge in [0.2, 0.25) is 0 Å². The van der Waals surface area contributed by atoms with E-state index >= 15 is 0 Å². The van der Waals surface area contributed by atoms with Crippen LogP contribution in [-0.4, -0.2) is 80.2 Å². The van der Waals surface area contributed by atoms with E-state index in [4.69, 9.17) is 14.2 Å². The van der Waals surface area contributed by atoms with Crippen LogP contribution in [0.15, 0.2) is 35.1 Å². The third kappa shape index (κ3) is 3.99. The van der Waals surface area contributed by atoms with Crippen molar-refractivity contribution in [1.82, 2.24) is 19.8 Å². The second-order valence-electron chi connectivity index (χ2n) is 7.65. The van der Waals surface area contributed by atoms with Crippen molar-refractivity contribution in [3.05, 3.63) is 46.2 Å². The lowest BCUT2D eigenvalue weighted by molar-refractivity contribution is 0.0664. The minimum Gasteiger partial charge on any atom is -0.497 e. The van der Waals surface area contributed by atoms with Crippen LogP contribution in [0.25, 0.3) is 22.3 Å². The highest BCUT2D eigenvalue weighted by Crippen LogP contribution is 2.31. The molecule has 1 saturated heterocycles. The first-order valence-electron chi connectivity index (χ1n) is 10.3. The van der Waals surface area contributed by atoms with E-state index in [1.54, 1.807) is 37.4 Å².